The molecule has 0 bridgehead atoms. The maximum Gasteiger partial charge on any atom is 0.0803 e. The Morgan fingerprint density at radius 3 is 1.27 bits per heavy atom. The number of fused-ring (bicyclic) bond motifs is 2. The van der Waals surface area contributed by atoms with E-state index in [-0.39, 0.29) is 0 Å². The Morgan fingerprint density at radius 1 is 0.467 bits per heavy atom. The van der Waals surface area contributed by atoms with Gasteiger partial charge >= 0.3 is 0 Å². The van der Waals surface area contributed by atoms with Crippen molar-refractivity contribution in [3.8, 4) is 0 Å². The van der Waals surface area contributed by atoms with E-state index in [1.807, 2.05) is 97.1 Å². The minimum absolute atomic E-state index is 0.634. The van der Waals surface area contributed by atoms with Crippen molar-refractivity contribution >= 4 is 46.0 Å². The van der Waals surface area contributed by atoms with Gasteiger partial charge in [0.2, 0.25) is 0 Å². The number of aliphatic imine (C=N–C) groups is 2. The van der Waals surface area contributed by atoms with Crippen LogP contribution in [0.4, 0.5) is 11.4 Å². The van der Waals surface area contributed by atoms with Crippen molar-refractivity contribution in [2.75, 3.05) is 0 Å². The molecule has 5 rings (SSSR count). The van der Waals surface area contributed by atoms with Crippen molar-refractivity contribution in [2.24, 2.45) is 9.98 Å². The summed E-state index contributed by atoms with van der Waals surface area (Å²) in [6, 6.07) is 31.7. The summed E-state index contributed by atoms with van der Waals surface area (Å²) in [6.07, 6.45) is 0. The predicted octanol–water partition coefficient (Wildman–Crippen LogP) is 7.65. The molecular formula is C26H16Cl2N2. The minimum atomic E-state index is 0.634. The first kappa shape index (κ1) is 18.8. The van der Waals surface area contributed by atoms with Gasteiger partial charge in [-0.1, -0.05) is 83.9 Å². The first-order valence-corrected chi connectivity index (χ1v) is 10.3. The van der Waals surface area contributed by atoms with Crippen LogP contribution in [-0.4, -0.2) is 11.4 Å². The normalized spacial score (nSPS) is 12.7. The second-order valence-corrected chi connectivity index (χ2v) is 7.85. The van der Waals surface area contributed by atoms with Crippen molar-refractivity contribution in [2.45, 2.75) is 0 Å². The summed E-state index contributed by atoms with van der Waals surface area (Å²) in [7, 11) is 0. The minimum Gasteiger partial charge on any atom is -0.247 e. The molecule has 4 aromatic carbocycles. The third-order valence-electron chi connectivity index (χ3n) is 4.99. The summed E-state index contributed by atoms with van der Waals surface area (Å²) < 4.78 is 0. The average Bonchev–Trinajstić information content (AvgIpc) is 2.77. The zero-order valence-electron chi connectivity index (χ0n) is 15.9. The number of halogens is 2. The van der Waals surface area contributed by atoms with Crippen LogP contribution in [0.2, 0.25) is 10.0 Å². The van der Waals surface area contributed by atoms with Crippen molar-refractivity contribution in [1.29, 1.82) is 0 Å². The fraction of sp³-hybridized carbons (Fsp3) is 0. The summed E-state index contributed by atoms with van der Waals surface area (Å²) in [5.41, 5.74) is 7.09. The zero-order valence-corrected chi connectivity index (χ0v) is 17.4. The standard InChI is InChI=1S/C26H16Cl2N2/c27-19-11-13-21-23(15-19)30-26(18-9-5-2-6-10-18)22-14-12-20(28)16-24(22)29-25(21)17-7-3-1-4-8-17/h1-16H. The van der Waals surface area contributed by atoms with E-state index in [1.165, 1.54) is 0 Å². The molecular weight excluding hydrogens is 411 g/mol. The third-order valence-corrected chi connectivity index (χ3v) is 5.46. The molecule has 0 N–H and O–H groups in total. The summed E-state index contributed by atoms with van der Waals surface area (Å²) in [4.78, 5) is 10.2. The fourth-order valence-corrected chi connectivity index (χ4v) is 3.92. The number of rotatable bonds is 2. The molecule has 0 fully saturated rings. The highest BCUT2D eigenvalue weighted by molar-refractivity contribution is 6.32. The van der Waals surface area contributed by atoms with Crippen LogP contribution in [-0.2, 0) is 0 Å². The molecule has 0 aromatic heterocycles. The van der Waals surface area contributed by atoms with Crippen LogP contribution < -0.4 is 0 Å². The van der Waals surface area contributed by atoms with Gasteiger partial charge in [0.1, 0.15) is 0 Å². The van der Waals surface area contributed by atoms with E-state index in [1.54, 1.807) is 0 Å². The molecule has 0 aliphatic carbocycles. The first-order valence-electron chi connectivity index (χ1n) is 9.57. The SMILES string of the molecule is Clc1ccc2c(c1)N=C(c1ccccc1)c1ccc(Cl)cc1N=C2c1ccccc1. The van der Waals surface area contributed by atoms with Crippen LogP contribution in [0.15, 0.2) is 107 Å². The lowest BCUT2D eigenvalue weighted by molar-refractivity contribution is 1.39. The quantitative estimate of drug-likeness (QED) is 0.277. The summed E-state index contributed by atoms with van der Waals surface area (Å²) >= 11 is 12.7. The molecule has 1 aliphatic heterocycles. The van der Waals surface area contributed by atoms with E-state index >= 15 is 0 Å². The van der Waals surface area contributed by atoms with Crippen LogP contribution >= 0.6 is 23.2 Å². The van der Waals surface area contributed by atoms with E-state index in [2.05, 4.69) is 0 Å². The predicted molar refractivity (Wildman–Crippen MR) is 126 cm³/mol. The number of nitrogens with zero attached hydrogens (tertiary/aromatic N) is 2. The first-order chi connectivity index (χ1) is 14.7. The number of hydrogen-bond donors (Lipinski definition) is 0. The van der Waals surface area contributed by atoms with Crippen molar-refractivity contribution in [3.05, 3.63) is 129 Å². The number of benzene rings is 4. The molecule has 0 atom stereocenters. The van der Waals surface area contributed by atoms with Gasteiger partial charge in [-0.15, -0.1) is 0 Å². The van der Waals surface area contributed by atoms with Crippen molar-refractivity contribution in [3.63, 3.8) is 0 Å². The third kappa shape index (κ3) is 3.56. The molecule has 4 aromatic rings. The van der Waals surface area contributed by atoms with Gasteiger partial charge in [0.25, 0.3) is 0 Å². The van der Waals surface area contributed by atoms with Gasteiger partial charge in [-0.05, 0) is 36.4 Å². The highest BCUT2D eigenvalue weighted by Gasteiger charge is 2.20. The summed E-state index contributed by atoms with van der Waals surface area (Å²) in [5.74, 6) is 0. The molecule has 0 saturated heterocycles. The molecule has 0 amide bonds. The Kier molecular flexibility index (Phi) is 4.96. The van der Waals surface area contributed by atoms with E-state index < -0.39 is 0 Å². The molecule has 0 radical (unpaired) electrons. The molecule has 2 nitrogen and oxygen atoms in total. The molecule has 0 saturated carbocycles. The monoisotopic (exact) mass is 426 g/mol. The maximum atomic E-state index is 6.35. The highest BCUT2D eigenvalue weighted by Crippen LogP contribution is 2.35. The molecule has 1 heterocycles. The topological polar surface area (TPSA) is 24.7 Å². The van der Waals surface area contributed by atoms with Gasteiger partial charge in [-0.2, -0.15) is 0 Å². The Labute approximate surface area is 185 Å². The van der Waals surface area contributed by atoms with Crippen LogP contribution in [0, 0.1) is 0 Å². The van der Waals surface area contributed by atoms with Crippen LogP contribution in [0.5, 0.6) is 0 Å². The smallest absolute Gasteiger partial charge is 0.0803 e. The van der Waals surface area contributed by atoms with Crippen molar-refractivity contribution in [1.82, 2.24) is 0 Å². The molecule has 30 heavy (non-hydrogen) atoms. The molecule has 4 heteroatoms. The number of hydrogen-bond acceptors (Lipinski definition) is 2. The van der Waals surface area contributed by atoms with Gasteiger partial charge in [0.05, 0.1) is 22.8 Å². The summed E-state index contributed by atoms with van der Waals surface area (Å²) in [6.45, 7) is 0. The maximum absolute atomic E-state index is 6.35. The fourth-order valence-electron chi connectivity index (χ4n) is 3.59. The largest absolute Gasteiger partial charge is 0.247 e. The van der Waals surface area contributed by atoms with E-state index in [0.29, 0.717) is 10.0 Å². The van der Waals surface area contributed by atoms with Crippen LogP contribution in [0.25, 0.3) is 0 Å². The summed E-state index contributed by atoms with van der Waals surface area (Å²) in [5, 5.41) is 1.27. The van der Waals surface area contributed by atoms with E-state index in [4.69, 9.17) is 33.2 Å². The van der Waals surface area contributed by atoms with Crippen LogP contribution in [0.1, 0.15) is 22.3 Å². The van der Waals surface area contributed by atoms with E-state index in [0.717, 1.165) is 45.1 Å². The lowest BCUT2D eigenvalue weighted by atomic mass is 9.96. The average molecular weight is 427 g/mol. The van der Waals surface area contributed by atoms with Gasteiger partial charge in [0, 0.05) is 32.3 Å². The highest BCUT2D eigenvalue weighted by atomic mass is 35.5. The van der Waals surface area contributed by atoms with Crippen LogP contribution in [0.3, 0.4) is 0 Å². The Bertz CT molecular complexity index is 1190. The molecule has 1 aliphatic rings. The lowest BCUT2D eigenvalue weighted by Crippen LogP contribution is -2.10. The van der Waals surface area contributed by atoms with Gasteiger partial charge in [-0.25, -0.2) is 9.98 Å². The van der Waals surface area contributed by atoms with Gasteiger partial charge in [-0.3, -0.25) is 0 Å². The lowest BCUT2D eigenvalue weighted by Gasteiger charge is -2.18. The Morgan fingerprint density at radius 2 is 0.867 bits per heavy atom. The molecule has 0 spiro atoms. The Hall–Kier alpha value is -3.20. The van der Waals surface area contributed by atoms with Gasteiger partial charge in [0.15, 0.2) is 0 Å². The zero-order chi connectivity index (χ0) is 20.5. The second-order valence-electron chi connectivity index (χ2n) is 6.98. The van der Waals surface area contributed by atoms with Gasteiger partial charge < -0.3 is 0 Å². The molecule has 144 valence electrons. The molecule has 0 unspecified atom stereocenters. The Balaban J connectivity index is 1.86. The van der Waals surface area contributed by atoms with Crippen molar-refractivity contribution < 1.29 is 0 Å². The van der Waals surface area contributed by atoms with E-state index in [9.17, 15) is 0 Å². The second kappa shape index (κ2) is 7.91.